The Bertz CT molecular complexity index is 1590. The standard InChI is InChI=1S/C21H15Cl2N3O4S2/c22-17-9-18(20(32(25,29)30)10-19(17)31(24,27)28)26-11-16-12-5-1-3-7-14(12)21(23)15-8-4-2-6-13(15)16/h1-11H,(H2,24,27,28)(H2,25,29,30). The first-order chi connectivity index (χ1) is 15.0. The lowest BCUT2D eigenvalue weighted by molar-refractivity contribution is 0.596. The molecule has 4 rings (SSSR count). The smallest absolute Gasteiger partial charge is 0.240 e. The number of nitrogens with two attached hydrogens (primary N) is 2. The van der Waals surface area contributed by atoms with E-state index in [9.17, 15) is 16.8 Å². The maximum atomic E-state index is 12.1. The summed E-state index contributed by atoms with van der Waals surface area (Å²) in [5.41, 5.74) is 0.556. The topological polar surface area (TPSA) is 133 Å². The molecule has 0 aliphatic heterocycles. The summed E-state index contributed by atoms with van der Waals surface area (Å²) in [6, 6.07) is 16.8. The van der Waals surface area contributed by atoms with E-state index >= 15 is 0 Å². The molecule has 164 valence electrons. The van der Waals surface area contributed by atoms with Crippen LogP contribution in [0, 0.1) is 0 Å². The number of rotatable bonds is 4. The van der Waals surface area contributed by atoms with Crippen molar-refractivity contribution in [2.45, 2.75) is 9.79 Å². The van der Waals surface area contributed by atoms with Gasteiger partial charge in [0.25, 0.3) is 0 Å². The summed E-state index contributed by atoms with van der Waals surface area (Å²) in [6.07, 6.45) is 1.47. The minimum absolute atomic E-state index is 0.131. The molecule has 0 heterocycles. The zero-order valence-corrected chi connectivity index (χ0v) is 19.3. The zero-order valence-electron chi connectivity index (χ0n) is 16.2. The van der Waals surface area contributed by atoms with Gasteiger partial charge in [0.1, 0.15) is 9.79 Å². The van der Waals surface area contributed by atoms with E-state index in [0.29, 0.717) is 10.6 Å². The van der Waals surface area contributed by atoms with E-state index in [1.54, 1.807) is 0 Å². The summed E-state index contributed by atoms with van der Waals surface area (Å²) in [5.74, 6) is 0. The molecule has 7 nitrogen and oxygen atoms in total. The average molecular weight is 508 g/mol. The fourth-order valence-corrected chi connectivity index (χ4v) is 5.64. The van der Waals surface area contributed by atoms with Crippen LogP contribution in [0.3, 0.4) is 0 Å². The summed E-state index contributed by atoms with van der Waals surface area (Å²) in [5, 5.41) is 13.9. The van der Waals surface area contributed by atoms with Crippen LogP contribution in [0.25, 0.3) is 21.5 Å². The van der Waals surface area contributed by atoms with Crippen molar-refractivity contribution >= 4 is 76.7 Å². The summed E-state index contributed by atoms with van der Waals surface area (Å²) < 4.78 is 47.8. The predicted octanol–water partition coefficient (Wildman–Crippen LogP) is 4.35. The van der Waals surface area contributed by atoms with Gasteiger partial charge in [-0.2, -0.15) is 0 Å². The molecule has 0 amide bonds. The number of halogens is 2. The Labute approximate surface area is 194 Å². The lowest BCUT2D eigenvalue weighted by Gasteiger charge is -2.11. The molecule has 0 aromatic heterocycles. The largest absolute Gasteiger partial charge is 0.255 e. The molecule has 4 aromatic rings. The predicted molar refractivity (Wildman–Crippen MR) is 128 cm³/mol. The number of sulfonamides is 2. The van der Waals surface area contributed by atoms with Crippen molar-refractivity contribution in [2.75, 3.05) is 0 Å². The van der Waals surface area contributed by atoms with Crippen molar-refractivity contribution in [1.29, 1.82) is 0 Å². The first kappa shape index (κ1) is 22.7. The molecular weight excluding hydrogens is 493 g/mol. The number of primary sulfonamides is 2. The summed E-state index contributed by atoms with van der Waals surface area (Å²) in [4.78, 5) is 3.22. The summed E-state index contributed by atoms with van der Waals surface area (Å²) in [6.45, 7) is 0. The lowest BCUT2D eigenvalue weighted by atomic mass is 9.97. The normalized spacial score (nSPS) is 12.8. The maximum Gasteiger partial charge on any atom is 0.240 e. The van der Waals surface area contributed by atoms with E-state index in [1.807, 2.05) is 48.5 Å². The number of hydrogen-bond acceptors (Lipinski definition) is 5. The molecule has 0 unspecified atom stereocenters. The van der Waals surface area contributed by atoms with Gasteiger partial charge in [0.05, 0.1) is 15.7 Å². The third-order valence-corrected chi connectivity index (χ3v) is 7.59. The summed E-state index contributed by atoms with van der Waals surface area (Å²) >= 11 is 12.6. The van der Waals surface area contributed by atoms with E-state index in [0.717, 1.165) is 33.7 Å². The monoisotopic (exact) mass is 507 g/mol. The van der Waals surface area contributed by atoms with Crippen LogP contribution in [0.15, 0.2) is 75.4 Å². The van der Waals surface area contributed by atoms with Crippen molar-refractivity contribution in [3.8, 4) is 0 Å². The zero-order chi connectivity index (χ0) is 23.3. The highest BCUT2D eigenvalue weighted by Crippen LogP contribution is 2.36. The van der Waals surface area contributed by atoms with E-state index in [-0.39, 0.29) is 10.7 Å². The highest BCUT2D eigenvalue weighted by atomic mass is 35.5. The number of hydrogen-bond donors (Lipinski definition) is 2. The molecule has 4 N–H and O–H groups in total. The van der Waals surface area contributed by atoms with Crippen LogP contribution in [0.1, 0.15) is 5.56 Å². The van der Waals surface area contributed by atoms with Gasteiger partial charge in [0.15, 0.2) is 0 Å². The number of benzene rings is 4. The van der Waals surface area contributed by atoms with Crippen molar-refractivity contribution in [3.05, 3.63) is 76.3 Å². The third-order valence-electron chi connectivity index (χ3n) is 4.87. The quantitative estimate of drug-likeness (QED) is 0.313. The summed E-state index contributed by atoms with van der Waals surface area (Å²) in [7, 11) is -8.62. The number of fused-ring (bicyclic) bond motifs is 2. The van der Waals surface area contributed by atoms with E-state index in [2.05, 4.69) is 4.99 Å². The van der Waals surface area contributed by atoms with Gasteiger partial charge < -0.3 is 0 Å². The van der Waals surface area contributed by atoms with Crippen LogP contribution < -0.4 is 10.3 Å². The highest BCUT2D eigenvalue weighted by Gasteiger charge is 2.22. The van der Waals surface area contributed by atoms with Crippen molar-refractivity contribution in [3.63, 3.8) is 0 Å². The van der Waals surface area contributed by atoms with Crippen LogP contribution >= 0.6 is 23.2 Å². The van der Waals surface area contributed by atoms with Crippen molar-refractivity contribution < 1.29 is 16.8 Å². The van der Waals surface area contributed by atoms with Gasteiger partial charge in [0.2, 0.25) is 20.0 Å². The fraction of sp³-hybridized carbons (Fsp3) is 0. The molecule has 0 saturated carbocycles. The second-order valence-corrected chi connectivity index (χ2v) is 10.8. The van der Waals surface area contributed by atoms with E-state index in [1.165, 1.54) is 6.21 Å². The molecule has 0 saturated heterocycles. The minimum atomic E-state index is -4.34. The van der Waals surface area contributed by atoms with Gasteiger partial charge in [0, 0.05) is 22.6 Å². The van der Waals surface area contributed by atoms with Crippen LogP contribution in [-0.4, -0.2) is 23.1 Å². The Morgan fingerprint density at radius 3 is 1.66 bits per heavy atom. The Hall–Kier alpha value is -2.53. The van der Waals surface area contributed by atoms with Gasteiger partial charge in [-0.1, -0.05) is 71.7 Å². The first-order valence-corrected chi connectivity index (χ1v) is 12.9. The molecule has 11 heteroatoms. The van der Waals surface area contributed by atoms with Crippen LogP contribution in [-0.2, 0) is 20.0 Å². The first-order valence-electron chi connectivity index (χ1n) is 9.00. The van der Waals surface area contributed by atoms with Gasteiger partial charge in [-0.15, -0.1) is 0 Å². The van der Waals surface area contributed by atoms with Crippen molar-refractivity contribution in [1.82, 2.24) is 0 Å². The second-order valence-electron chi connectivity index (χ2n) is 6.92. The van der Waals surface area contributed by atoms with Crippen molar-refractivity contribution in [2.24, 2.45) is 15.3 Å². The third kappa shape index (κ3) is 4.11. The molecular formula is C21H15Cl2N3O4S2. The molecule has 0 aliphatic rings. The number of nitrogens with zero attached hydrogens (tertiary/aromatic N) is 1. The molecule has 0 aliphatic carbocycles. The fourth-order valence-electron chi connectivity index (χ4n) is 3.45. The molecule has 0 bridgehead atoms. The lowest BCUT2D eigenvalue weighted by Crippen LogP contribution is -2.16. The molecule has 0 atom stereocenters. The second kappa shape index (κ2) is 8.11. The molecule has 0 spiro atoms. The highest BCUT2D eigenvalue weighted by molar-refractivity contribution is 7.90. The van der Waals surface area contributed by atoms with E-state index < -0.39 is 29.8 Å². The van der Waals surface area contributed by atoms with E-state index in [4.69, 9.17) is 33.5 Å². The average Bonchev–Trinajstić information content (AvgIpc) is 2.72. The van der Waals surface area contributed by atoms with Gasteiger partial charge in [-0.3, -0.25) is 4.99 Å². The van der Waals surface area contributed by atoms with Gasteiger partial charge >= 0.3 is 0 Å². The Morgan fingerprint density at radius 2 is 1.19 bits per heavy atom. The Kier molecular flexibility index (Phi) is 5.74. The maximum absolute atomic E-state index is 12.1. The van der Waals surface area contributed by atoms with Gasteiger partial charge in [-0.05, 0) is 22.9 Å². The molecule has 0 radical (unpaired) electrons. The molecule has 32 heavy (non-hydrogen) atoms. The SMILES string of the molecule is NS(=O)(=O)c1cc(S(N)(=O)=O)c(N=Cc2c3ccccc3c(Cl)c3ccccc23)cc1Cl. The van der Waals surface area contributed by atoms with Crippen LogP contribution in [0.5, 0.6) is 0 Å². The van der Waals surface area contributed by atoms with Crippen LogP contribution in [0.2, 0.25) is 10.0 Å². The van der Waals surface area contributed by atoms with Crippen LogP contribution in [0.4, 0.5) is 5.69 Å². The Balaban J connectivity index is 2.02. The van der Waals surface area contributed by atoms with Gasteiger partial charge in [-0.25, -0.2) is 27.1 Å². The molecule has 0 fully saturated rings. The number of aliphatic imine (C=N–C) groups is 1. The minimum Gasteiger partial charge on any atom is -0.255 e. The molecule has 4 aromatic carbocycles. The Morgan fingerprint density at radius 1 is 0.719 bits per heavy atom.